The molecule has 0 bridgehead atoms. The minimum absolute atomic E-state index is 0.0473. The molecule has 1 heterocycles. The van der Waals surface area contributed by atoms with Crippen molar-refractivity contribution in [2.75, 3.05) is 0 Å². The van der Waals surface area contributed by atoms with Crippen LogP contribution in [-0.2, 0) is 11.3 Å². The number of halogens is 1. The lowest BCUT2D eigenvalue weighted by Crippen LogP contribution is -2.10. The summed E-state index contributed by atoms with van der Waals surface area (Å²) < 4.78 is 20.7. The number of ether oxygens (including phenoxy) is 1. The third-order valence-corrected chi connectivity index (χ3v) is 3.59. The number of hydrogen-bond acceptors (Lipinski definition) is 4. The van der Waals surface area contributed by atoms with E-state index in [1.807, 2.05) is 11.5 Å². The summed E-state index contributed by atoms with van der Waals surface area (Å²) in [5, 5.41) is 8.05. The fourth-order valence-corrected chi connectivity index (χ4v) is 2.25. The highest BCUT2D eigenvalue weighted by atomic mass is 19.1. The normalized spacial score (nSPS) is 14.2. The van der Waals surface area contributed by atoms with Crippen LogP contribution in [0.3, 0.4) is 0 Å². The fourth-order valence-electron chi connectivity index (χ4n) is 2.25. The maximum atomic E-state index is 13.5. The monoisotopic (exact) mass is 289 g/mol. The van der Waals surface area contributed by atoms with Gasteiger partial charge in [0.1, 0.15) is 11.6 Å². The summed E-state index contributed by atoms with van der Waals surface area (Å²) in [6.45, 7) is 3.57. The zero-order chi connectivity index (χ0) is 15.0. The van der Waals surface area contributed by atoms with Crippen LogP contribution in [0.1, 0.15) is 46.5 Å². The van der Waals surface area contributed by atoms with Crippen molar-refractivity contribution in [2.24, 2.45) is 0 Å². The van der Waals surface area contributed by atoms with E-state index >= 15 is 0 Å². The molecule has 1 aromatic heterocycles. The van der Waals surface area contributed by atoms with Gasteiger partial charge in [-0.2, -0.15) is 0 Å². The summed E-state index contributed by atoms with van der Waals surface area (Å²) in [6, 6.07) is 4.72. The zero-order valence-corrected chi connectivity index (χ0v) is 12.0. The minimum atomic E-state index is -0.558. The highest BCUT2D eigenvalue weighted by Crippen LogP contribution is 2.36. The van der Waals surface area contributed by atoms with Crippen molar-refractivity contribution >= 4 is 5.97 Å². The molecular weight excluding hydrogens is 273 g/mol. The quantitative estimate of drug-likeness (QED) is 0.812. The second-order valence-corrected chi connectivity index (χ2v) is 5.30. The summed E-state index contributed by atoms with van der Waals surface area (Å²) in [4.78, 5) is 11.9. The third-order valence-electron chi connectivity index (χ3n) is 3.59. The van der Waals surface area contributed by atoms with E-state index < -0.39 is 11.8 Å². The zero-order valence-electron chi connectivity index (χ0n) is 12.0. The second-order valence-electron chi connectivity index (χ2n) is 5.30. The molecule has 1 aliphatic carbocycles. The molecule has 2 aromatic rings. The van der Waals surface area contributed by atoms with Crippen molar-refractivity contribution in [3.8, 4) is 0 Å². The number of nitrogens with zero attached hydrogens (tertiary/aromatic N) is 3. The molecule has 1 saturated carbocycles. The van der Waals surface area contributed by atoms with Gasteiger partial charge < -0.3 is 9.30 Å². The number of rotatable bonds is 4. The van der Waals surface area contributed by atoms with Crippen LogP contribution in [0, 0.1) is 19.7 Å². The van der Waals surface area contributed by atoms with Gasteiger partial charge in [0.05, 0.1) is 5.56 Å². The average Bonchev–Trinajstić information content (AvgIpc) is 3.23. The van der Waals surface area contributed by atoms with E-state index in [-0.39, 0.29) is 12.2 Å². The van der Waals surface area contributed by atoms with Crippen LogP contribution in [0.2, 0.25) is 0 Å². The molecule has 1 fully saturated rings. The lowest BCUT2D eigenvalue weighted by molar-refractivity contribution is 0.0456. The molecule has 0 radical (unpaired) electrons. The molecule has 5 nitrogen and oxygen atoms in total. The summed E-state index contributed by atoms with van der Waals surface area (Å²) in [5.74, 6) is 0.485. The van der Waals surface area contributed by atoms with Gasteiger partial charge in [-0.3, -0.25) is 0 Å². The standard InChI is InChI=1S/C15H16FN3O2/c1-9-3-4-11(7-13(9)16)15(20)21-8-14-18-17-10(2)19(14)12-5-6-12/h3-4,7,12H,5-6,8H2,1-2H3. The Morgan fingerprint density at radius 2 is 2.14 bits per heavy atom. The van der Waals surface area contributed by atoms with Crippen molar-refractivity contribution in [1.82, 2.24) is 14.8 Å². The number of esters is 1. The molecule has 0 spiro atoms. The predicted octanol–water partition coefficient (Wildman–Crippen LogP) is 2.73. The average molecular weight is 289 g/mol. The number of carbonyl (C=O) groups is 1. The van der Waals surface area contributed by atoms with Crippen molar-refractivity contribution in [3.63, 3.8) is 0 Å². The van der Waals surface area contributed by atoms with Crippen LogP contribution in [0.4, 0.5) is 4.39 Å². The molecular formula is C15H16FN3O2. The van der Waals surface area contributed by atoms with E-state index in [2.05, 4.69) is 10.2 Å². The molecule has 0 saturated heterocycles. The maximum Gasteiger partial charge on any atom is 0.338 e. The van der Waals surface area contributed by atoms with Gasteiger partial charge >= 0.3 is 5.97 Å². The largest absolute Gasteiger partial charge is 0.454 e. The topological polar surface area (TPSA) is 57.0 Å². The van der Waals surface area contributed by atoms with E-state index in [0.717, 1.165) is 18.7 Å². The highest BCUT2D eigenvalue weighted by molar-refractivity contribution is 5.89. The lowest BCUT2D eigenvalue weighted by Gasteiger charge is -2.08. The molecule has 1 aromatic carbocycles. The second kappa shape index (κ2) is 5.27. The molecule has 0 aliphatic heterocycles. The fraction of sp³-hybridized carbons (Fsp3) is 0.400. The van der Waals surface area contributed by atoms with E-state index in [1.165, 1.54) is 6.07 Å². The van der Waals surface area contributed by atoms with E-state index in [9.17, 15) is 9.18 Å². The van der Waals surface area contributed by atoms with Crippen molar-refractivity contribution < 1.29 is 13.9 Å². The first-order valence-corrected chi connectivity index (χ1v) is 6.90. The van der Waals surface area contributed by atoms with Crippen LogP contribution in [0.5, 0.6) is 0 Å². The number of benzene rings is 1. The minimum Gasteiger partial charge on any atom is -0.454 e. The first-order chi connectivity index (χ1) is 10.1. The summed E-state index contributed by atoms with van der Waals surface area (Å²) >= 11 is 0. The Labute approximate surface area is 121 Å². The molecule has 110 valence electrons. The molecule has 0 atom stereocenters. The van der Waals surface area contributed by atoms with Gasteiger partial charge in [-0.15, -0.1) is 10.2 Å². The molecule has 6 heteroatoms. The first-order valence-electron chi connectivity index (χ1n) is 6.90. The summed E-state index contributed by atoms with van der Waals surface area (Å²) in [5.41, 5.74) is 0.697. The number of aromatic nitrogens is 3. The van der Waals surface area contributed by atoms with Crippen LogP contribution < -0.4 is 0 Å². The Morgan fingerprint density at radius 1 is 1.38 bits per heavy atom. The Kier molecular flexibility index (Phi) is 3.45. The van der Waals surface area contributed by atoms with Gasteiger partial charge in [0.25, 0.3) is 0 Å². The Balaban J connectivity index is 1.70. The van der Waals surface area contributed by atoms with E-state index in [0.29, 0.717) is 17.4 Å². The van der Waals surface area contributed by atoms with Gasteiger partial charge in [-0.05, 0) is 44.4 Å². The van der Waals surface area contributed by atoms with Crippen LogP contribution in [0.25, 0.3) is 0 Å². The summed E-state index contributed by atoms with van der Waals surface area (Å²) in [7, 11) is 0. The smallest absolute Gasteiger partial charge is 0.338 e. The van der Waals surface area contributed by atoms with Crippen LogP contribution >= 0.6 is 0 Å². The van der Waals surface area contributed by atoms with Gasteiger partial charge in [-0.1, -0.05) is 6.07 Å². The molecule has 3 rings (SSSR count). The SMILES string of the molecule is Cc1ccc(C(=O)OCc2nnc(C)n2C2CC2)cc1F. The molecule has 0 amide bonds. The molecule has 21 heavy (non-hydrogen) atoms. The van der Waals surface area contributed by atoms with Crippen molar-refractivity contribution in [2.45, 2.75) is 39.3 Å². The van der Waals surface area contributed by atoms with Crippen LogP contribution in [0.15, 0.2) is 18.2 Å². The van der Waals surface area contributed by atoms with Crippen molar-refractivity contribution in [3.05, 3.63) is 46.8 Å². The first kappa shape index (κ1) is 13.7. The number of hydrogen-bond donors (Lipinski definition) is 0. The third kappa shape index (κ3) is 2.79. The van der Waals surface area contributed by atoms with E-state index in [4.69, 9.17) is 4.74 Å². The number of carbonyl (C=O) groups excluding carboxylic acids is 1. The Hall–Kier alpha value is -2.24. The number of aryl methyl sites for hydroxylation is 2. The van der Waals surface area contributed by atoms with Gasteiger partial charge in [0.2, 0.25) is 0 Å². The Morgan fingerprint density at radius 3 is 2.81 bits per heavy atom. The van der Waals surface area contributed by atoms with Crippen LogP contribution in [-0.4, -0.2) is 20.7 Å². The van der Waals surface area contributed by atoms with Crippen molar-refractivity contribution in [1.29, 1.82) is 0 Å². The molecule has 0 unspecified atom stereocenters. The maximum absolute atomic E-state index is 13.5. The summed E-state index contributed by atoms with van der Waals surface area (Å²) in [6.07, 6.45) is 2.20. The predicted molar refractivity (Wildman–Crippen MR) is 73.3 cm³/mol. The van der Waals surface area contributed by atoms with Gasteiger partial charge in [-0.25, -0.2) is 9.18 Å². The Bertz CT molecular complexity index is 692. The molecule has 1 aliphatic rings. The van der Waals surface area contributed by atoms with E-state index in [1.54, 1.807) is 19.1 Å². The molecule has 0 N–H and O–H groups in total. The van der Waals surface area contributed by atoms with Gasteiger partial charge in [0.15, 0.2) is 12.4 Å². The lowest BCUT2D eigenvalue weighted by atomic mass is 10.1. The van der Waals surface area contributed by atoms with Gasteiger partial charge in [0, 0.05) is 6.04 Å². The highest BCUT2D eigenvalue weighted by Gasteiger charge is 2.28.